The number of ether oxygens (including phenoxy) is 2. The molecule has 5 nitrogen and oxygen atoms in total. The first kappa shape index (κ1) is 22.0. The Labute approximate surface area is 190 Å². The van der Waals surface area contributed by atoms with Gasteiger partial charge >= 0.3 is 5.97 Å². The summed E-state index contributed by atoms with van der Waals surface area (Å²) in [7, 11) is 0. The normalized spacial score (nSPS) is 28.8. The summed E-state index contributed by atoms with van der Waals surface area (Å²) in [4.78, 5) is 11.3. The second-order valence-corrected chi connectivity index (χ2v) is 9.25. The third kappa shape index (κ3) is 3.73. The number of carboxylic acid groups (broad SMARTS) is 1. The first-order chi connectivity index (χ1) is 15.9. The van der Waals surface area contributed by atoms with Crippen LogP contribution in [-0.2, 0) is 16.6 Å². The van der Waals surface area contributed by atoms with Gasteiger partial charge in [0.05, 0.1) is 30.3 Å². The second kappa shape index (κ2) is 8.54. The molecule has 0 amide bonds. The molecule has 1 saturated heterocycles. The molecule has 2 aliphatic heterocycles. The number of carboxylic acids is 1. The molecule has 0 spiro atoms. The SMILES string of the molecule is O=C(O)c1ccc2c(c1F)O[C@H]1C[C@@H](F)[C@H](/C=C/C(O)C3(c4ccccc4)COC3)[C@H]1CC2. The smallest absolute Gasteiger partial charge is 0.338 e. The number of rotatable bonds is 5. The number of hydrogen-bond acceptors (Lipinski definition) is 4. The standard InChI is InChI=1S/C26H26F2O5/c27-20-12-21-18(8-6-15-7-9-19(25(30)31)23(28)24(15)33-21)17(20)10-11-22(29)26(13-32-14-26)16-4-2-1-3-5-16/h1-5,7,9-11,17-18,20-22,29H,6,8,12-14H2,(H,30,31)/b11-10+/t17-,18-,20-,21+,22?/m1/s1. The highest BCUT2D eigenvalue weighted by Gasteiger charge is 2.48. The van der Waals surface area contributed by atoms with Gasteiger partial charge in [0.15, 0.2) is 11.6 Å². The molecule has 1 aliphatic carbocycles. The monoisotopic (exact) mass is 456 g/mol. The van der Waals surface area contributed by atoms with Crippen LogP contribution >= 0.6 is 0 Å². The lowest BCUT2D eigenvalue weighted by Gasteiger charge is -2.44. The Kier molecular flexibility index (Phi) is 5.70. The Morgan fingerprint density at radius 1 is 1.18 bits per heavy atom. The van der Waals surface area contributed by atoms with Gasteiger partial charge in [-0.15, -0.1) is 0 Å². The fourth-order valence-corrected chi connectivity index (χ4v) is 5.42. The Balaban J connectivity index is 1.36. The van der Waals surface area contributed by atoms with Gasteiger partial charge in [-0.1, -0.05) is 48.6 Å². The number of aryl methyl sites for hydroxylation is 1. The van der Waals surface area contributed by atoms with Crippen LogP contribution in [0.3, 0.4) is 0 Å². The molecule has 2 aromatic carbocycles. The van der Waals surface area contributed by atoms with Gasteiger partial charge in [0.2, 0.25) is 0 Å². The van der Waals surface area contributed by atoms with Crippen molar-refractivity contribution in [2.45, 2.75) is 43.1 Å². The summed E-state index contributed by atoms with van der Waals surface area (Å²) in [5.41, 5.74) is 0.580. The number of halogens is 2. The van der Waals surface area contributed by atoms with E-state index in [-0.39, 0.29) is 18.1 Å². The summed E-state index contributed by atoms with van der Waals surface area (Å²) in [6, 6.07) is 12.5. The van der Waals surface area contributed by atoms with Crippen LogP contribution in [0.5, 0.6) is 5.75 Å². The molecule has 1 saturated carbocycles. The van der Waals surface area contributed by atoms with Crippen molar-refractivity contribution in [2.75, 3.05) is 13.2 Å². The van der Waals surface area contributed by atoms with Gasteiger partial charge in [-0.05, 0) is 30.0 Å². The van der Waals surface area contributed by atoms with Crippen molar-refractivity contribution in [1.82, 2.24) is 0 Å². The number of alkyl halides is 1. The van der Waals surface area contributed by atoms with Crippen molar-refractivity contribution in [2.24, 2.45) is 11.8 Å². The molecule has 2 heterocycles. The predicted octanol–water partition coefficient (Wildman–Crippen LogP) is 4.08. The van der Waals surface area contributed by atoms with Gasteiger partial charge < -0.3 is 19.7 Å². The third-order valence-electron chi connectivity index (χ3n) is 7.42. The molecule has 2 N–H and O–H groups in total. The number of benzene rings is 2. The minimum atomic E-state index is -1.36. The van der Waals surface area contributed by atoms with E-state index in [0.717, 1.165) is 5.56 Å². The molecule has 174 valence electrons. The average Bonchev–Trinajstić information content (AvgIpc) is 2.93. The number of aliphatic hydroxyl groups is 1. The van der Waals surface area contributed by atoms with Gasteiger partial charge in [-0.25, -0.2) is 13.6 Å². The van der Waals surface area contributed by atoms with Crippen molar-refractivity contribution in [3.05, 3.63) is 77.1 Å². The van der Waals surface area contributed by atoms with Crippen LogP contribution in [0.1, 0.15) is 34.3 Å². The lowest BCUT2D eigenvalue weighted by atomic mass is 9.73. The summed E-state index contributed by atoms with van der Waals surface area (Å²) < 4.78 is 41.1. The molecular formula is C26H26F2O5. The molecule has 0 radical (unpaired) electrons. The maximum Gasteiger partial charge on any atom is 0.338 e. The zero-order chi connectivity index (χ0) is 23.2. The summed E-state index contributed by atoms with van der Waals surface area (Å²) in [6.45, 7) is 0.782. The number of hydrogen-bond donors (Lipinski definition) is 2. The van der Waals surface area contributed by atoms with E-state index >= 15 is 4.39 Å². The molecular weight excluding hydrogens is 430 g/mol. The molecule has 33 heavy (non-hydrogen) atoms. The first-order valence-corrected chi connectivity index (χ1v) is 11.3. The van der Waals surface area contributed by atoms with E-state index in [1.165, 1.54) is 6.07 Å². The van der Waals surface area contributed by atoms with Crippen molar-refractivity contribution in [3.63, 3.8) is 0 Å². The summed E-state index contributed by atoms with van der Waals surface area (Å²) in [5.74, 6) is -3.02. The Bertz CT molecular complexity index is 1070. The van der Waals surface area contributed by atoms with Crippen molar-refractivity contribution >= 4 is 5.97 Å². The van der Waals surface area contributed by atoms with Gasteiger partial charge in [-0.2, -0.15) is 0 Å². The van der Waals surface area contributed by atoms with Crippen LogP contribution in [0.25, 0.3) is 0 Å². The van der Waals surface area contributed by atoms with Gasteiger partial charge in [0.25, 0.3) is 0 Å². The molecule has 7 heteroatoms. The van der Waals surface area contributed by atoms with Crippen LogP contribution in [-0.4, -0.2) is 47.8 Å². The number of carbonyl (C=O) groups is 1. The number of aromatic carboxylic acids is 1. The first-order valence-electron chi connectivity index (χ1n) is 11.3. The van der Waals surface area contributed by atoms with Crippen LogP contribution in [0.4, 0.5) is 8.78 Å². The molecule has 2 fully saturated rings. The predicted molar refractivity (Wildman–Crippen MR) is 117 cm³/mol. The van der Waals surface area contributed by atoms with Gasteiger partial charge in [0, 0.05) is 18.3 Å². The van der Waals surface area contributed by atoms with Crippen LogP contribution in [0, 0.1) is 17.7 Å². The Morgan fingerprint density at radius 2 is 1.94 bits per heavy atom. The van der Waals surface area contributed by atoms with E-state index in [9.17, 15) is 19.4 Å². The highest BCUT2D eigenvalue weighted by Crippen LogP contribution is 2.45. The quantitative estimate of drug-likeness (QED) is 0.664. The lowest BCUT2D eigenvalue weighted by molar-refractivity contribution is -0.106. The van der Waals surface area contributed by atoms with Crippen LogP contribution in [0.15, 0.2) is 54.6 Å². The van der Waals surface area contributed by atoms with Crippen LogP contribution < -0.4 is 4.74 Å². The Morgan fingerprint density at radius 3 is 2.61 bits per heavy atom. The topological polar surface area (TPSA) is 76.0 Å². The van der Waals surface area contributed by atoms with E-state index in [1.807, 2.05) is 30.3 Å². The van der Waals surface area contributed by atoms with Crippen molar-refractivity contribution in [1.29, 1.82) is 0 Å². The maximum atomic E-state index is 15.0. The van der Waals surface area contributed by atoms with Gasteiger partial charge in [-0.3, -0.25) is 0 Å². The van der Waals surface area contributed by atoms with Crippen molar-refractivity contribution in [3.8, 4) is 5.75 Å². The molecule has 5 rings (SSSR count). The van der Waals surface area contributed by atoms with E-state index < -0.39 is 47.1 Å². The zero-order valence-electron chi connectivity index (χ0n) is 18.0. The molecule has 0 bridgehead atoms. The minimum absolute atomic E-state index is 0.0751. The summed E-state index contributed by atoms with van der Waals surface area (Å²) >= 11 is 0. The van der Waals surface area contributed by atoms with E-state index in [1.54, 1.807) is 18.2 Å². The van der Waals surface area contributed by atoms with Crippen LogP contribution in [0.2, 0.25) is 0 Å². The number of aliphatic hydroxyl groups excluding tert-OH is 1. The molecule has 5 atom stereocenters. The zero-order valence-corrected chi connectivity index (χ0v) is 18.0. The summed E-state index contributed by atoms with van der Waals surface area (Å²) in [5, 5.41) is 20.2. The number of fused-ring (bicyclic) bond motifs is 2. The largest absolute Gasteiger partial charge is 0.487 e. The lowest BCUT2D eigenvalue weighted by Crippen LogP contribution is -2.54. The molecule has 1 unspecified atom stereocenters. The van der Waals surface area contributed by atoms with E-state index in [0.29, 0.717) is 31.6 Å². The Hall–Kier alpha value is -2.77. The third-order valence-corrected chi connectivity index (χ3v) is 7.42. The molecule has 0 aromatic heterocycles. The second-order valence-electron chi connectivity index (χ2n) is 9.25. The van der Waals surface area contributed by atoms with E-state index in [4.69, 9.17) is 9.47 Å². The minimum Gasteiger partial charge on any atom is -0.487 e. The highest BCUT2D eigenvalue weighted by atomic mass is 19.1. The fourth-order valence-electron chi connectivity index (χ4n) is 5.42. The molecule has 3 aliphatic rings. The molecule has 2 aromatic rings. The fraction of sp³-hybridized carbons (Fsp3) is 0.423. The van der Waals surface area contributed by atoms with E-state index in [2.05, 4.69) is 0 Å². The highest BCUT2D eigenvalue weighted by molar-refractivity contribution is 5.88. The summed E-state index contributed by atoms with van der Waals surface area (Å²) in [6.07, 6.45) is 1.97. The van der Waals surface area contributed by atoms with Crippen molar-refractivity contribution < 1.29 is 33.3 Å². The van der Waals surface area contributed by atoms with Gasteiger partial charge in [0.1, 0.15) is 12.3 Å². The maximum absolute atomic E-state index is 15.0. The number of allylic oxidation sites excluding steroid dienone is 1. The average molecular weight is 456 g/mol.